The molecule has 0 aliphatic rings. The predicted molar refractivity (Wildman–Crippen MR) is 71.2 cm³/mol. The third kappa shape index (κ3) is 5.18. The largest absolute Gasteiger partial charge is 0.488 e. The summed E-state index contributed by atoms with van der Waals surface area (Å²) in [6, 6.07) is 3.93. The van der Waals surface area contributed by atoms with Gasteiger partial charge in [-0.3, -0.25) is 4.98 Å². The average Bonchev–Trinajstić information content (AvgIpc) is 2.29. The summed E-state index contributed by atoms with van der Waals surface area (Å²) in [5.74, 6) is 0.903. The first kappa shape index (κ1) is 14.0. The quantitative estimate of drug-likeness (QED) is 0.738. The van der Waals surface area contributed by atoms with Gasteiger partial charge in [0, 0.05) is 18.8 Å². The van der Waals surface area contributed by atoms with E-state index in [2.05, 4.69) is 38.0 Å². The Morgan fingerprint density at radius 3 is 2.76 bits per heavy atom. The van der Waals surface area contributed by atoms with E-state index in [0.717, 1.165) is 37.4 Å². The first-order valence-corrected chi connectivity index (χ1v) is 6.42. The highest BCUT2D eigenvalue weighted by atomic mass is 16.5. The van der Waals surface area contributed by atoms with Crippen LogP contribution in [0.15, 0.2) is 18.3 Å². The smallest absolute Gasteiger partial charge is 0.123 e. The fourth-order valence-electron chi connectivity index (χ4n) is 1.40. The van der Waals surface area contributed by atoms with Crippen molar-refractivity contribution in [3.05, 3.63) is 24.0 Å². The molecule has 0 saturated carbocycles. The van der Waals surface area contributed by atoms with Crippen LogP contribution >= 0.6 is 0 Å². The molecular weight excluding hydrogens is 212 g/mol. The van der Waals surface area contributed by atoms with Crippen molar-refractivity contribution in [2.24, 2.45) is 0 Å². The Hall–Kier alpha value is -1.09. The van der Waals surface area contributed by atoms with Gasteiger partial charge in [-0.25, -0.2) is 0 Å². The molecule has 1 N–H and O–H groups in total. The van der Waals surface area contributed by atoms with Crippen molar-refractivity contribution < 1.29 is 4.74 Å². The highest BCUT2D eigenvalue weighted by molar-refractivity contribution is 5.23. The van der Waals surface area contributed by atoms with Crippen LogP contribution in [-0.4, -0.2) is 17.1 Å². The maximum absolute atomic E-state index is 5.93. The van der Waals surface area contributed by atoms with E-state index in [1.807, 2.05) is 18.3 Å². The summed E-state index contributed by atoms with van der Waals surface area (Å²) >= 11 is 0. The lowest BCUT2D eigenvalue weighted by Gasteiger charge is -2.25. The first-order valence-electron chi connectivity index (χ1n) is 6.42. The van der Waals surface area contributed by atoms with E-state index in [4.69, 9.17) is 4.74 Å². The molecule has 0 bridgehead atoms. The molecule has 0 fully saturated rings. The fraction of sp³-hybridized carbons (Fsp3) is 0.643. The molecule has 1 aromatic rings. The number of hydrogen-bond donors (Lipinski definition) is 1. The lowest BCUT2D eigenvalue weighted by Crippen LogP contribution is -2.27. The number of nitrogens with one attached hydrogen (secondary N) is 1. The number of aromatic nitrogens is 1. The van der Waals surface area contributed by atoms with Crippen LogP contribution in [0, 0.1) is 0 Å². The predicted octanol–water partition coefficient (Wildman–Crippen LogP) is 3.15. The normalized spacial score (nSPS) is 11.5. The average molecular weight is 236 g/mol. The standard InChI is InChI=1S/C14H24N2O/c1-5-8-15-11-12-10-13(7-9-16-12)17-14(3,4)6-2/h7,9-10,15H,5-6,8,11H2,1-4H3. The van der Waals surface area contributed by atoms with Gasteiger partial charge < -0.3 is 10.1 Å². The lowest BCUT2D eigenvalue weighted by molar-refractivity contribution is 0.105. The number of ether oxygens (including phenoxy) is 1. The Morgan fingerprint density at radius 1 is 1.35 bits per heavy atom. The van der Waals surface area contributed by atoms with E-state index in [0.29, 0.717) is 0 Å². The molecule has 0 radical (unpaired) electrons. The van der Waals surface area contributed by atoms with Gasteiger partial charge in [0.05, 0.1) is 5.69 Å². The molecule has 96 valence electrons. The van der Waals surface area contributed by atoms with E-state index < -0.39 is 0 Å². The van der Waals surface area contributed by atoms with E-state index >= 15 is 0 Å². The molecule has 17 heavy (non-hydrogen) atoms. The van der Waals surface area contributed by atoms with Crippen LogP contribution in [0.5, 0.6) is 5.75 Å². The van der Waals surface area contributed by atoms with Crippen molar-refractivity contribution in [2.45, 2.75) is 52.7 Å². The molecule has 1 rings (SSSR count). The van der Waals surface area contributed by atoms with Crippen LogP contribution in [0.1, 0.15) is 46.2 Å². The summed E-state index contributed by atoms with van der Waals surface area (Å²) in [5, 5.41) is 3.34. The van der Waals surface area contributed by atoms with E-state index in [-0.39, 0.29) is 5.60 Å². The van der Waals surface area contributed by atoms with Crippen molar-refractivity contribution in [1.82, 2.24) is 10.3 Å². The topological polar surface area (TPSA) is 34.1 Å². The SMILES string of the molecule is CCCNCc1cc(OC(C)(C)CC)ccn1. The number of pyridine rings is 1. The molecule has 0 saturated heterocycles. The summed E-state index contributed by atoms with van der Waals surface area (Å²) in [6.45, 7) is 10.3. The second-order valence-electron chi connectivity index (χ2n) is 4.87. The molecule has 0 unspecified atom stereocenters. The van der Waals surface area contributed by atoms with Gasteiger partial charge in [0.1, 0.15) is 11.4 Å². The lowest BCUT2D eigenvalue weighted by atomic mass is 10.1. The van der Waals surface area contributed by atoms with Crippen molar-refractivity contribution >= 4 is 0 Å². The molecule has 0 spiro atoms. The number of nitrogens with zero attached hydrogens (tertiary/aromatic N) is 1. The van der Waals surface area contributed by atoms with E-state index in [1.54, 1.807) is 0 Å². The molecule has 1 heterocycles. The van der Waals surface area contributed by atoms with E-state index in [1.165, 1.54) is 0 Å². The van der Waals surface area contributed by atoms with Gasteiger partial charge in [-0.15, -0.1) is 0 Å². The molecule has 1 aromatic heterocycles. The summed E-state index contributed by atoms with van der Waals surface area (Å²) in [5.41, 5.74) is 0.915. The maximum Gasteiger partial charge on any atom is 0.123 e. The Kier molecular flexibility index (Phi) is 5.42. The zero-order valence-corrected chi connectivity index (χ0v) is 11.4. The third-order valence-electron chi connectivity index (χ3n) is 2.77. The molecule has 0 amide bonds. The van der Waals surface area contributed by atoms with Crippen LogP contribution in [0.25, 0.3) is 0 Å². The van der Waals surface area contributed by atoms with Gasteiger partial charge in [-0.05, 0) is 39.3 Å². The van der Waals surface area contributed by atoms with Crippen LogP contribution in [0.2, 0.25) is 0 Å². The van der Waals surface area contributed by atoms with Gasteiger partial charge in [0.15, 0.2) is 0 Å². The molecule has 3 nitrogen and oxygen atoms in total. The molecule has 3 heteroatoms. The summed E-state index contributed by atoms with van der Waals surface area (Å²) in [6.07, 6.45) is 3.93. The minimum atomic E-state index is -0.116. The molecule has 0 aliphatic heterocycles. The number of rotatable bonds is 7. The van der Waals surface area contributed by atoms with Crippen molar-refractivity contribution in [1.29, 1.82) is 0 Å². The molecular formula is C14H24N2O. The van der Waals surface area contributed by atoms with Crippen LogP contribution in [0.3, 0.4) is 0 Å². The first-order chi connectivity index (χ1) is 8.07. The monoisotopic (exact) mass is 236 g/mol. The van der Waals surface area contributed by atoms with Crippen molar-refractivity contribution in [2.75, 3.05) is 6.54 Å². The zero-order chi connectivity index (χ0) is 12.7. The second-order valence-corrected chi connectivity index (χ2v) is 4.87. The van der Waals surface area contributed by atoms with Crippen LogP contribution in [0.4, 0.5) is 0 Å². The molecule has 0 atom stereocenters. The minimum Gasteiger partial charge on any atom is -0.488 e. The highest BCUT2D eigenvalue weighted by Crippen LogP contribution is 2.20. The molecule has 0 aliphatic carbocycles. The zero-order valence-electron chi connectivity index (χ0n) is 11.4. The number of hydrogen-bond acceptors (Lipinski definition) is 3. The maximum atomic E-state index is 5.93. The van der Waals surface area contributed by atoms with Crippen molar-refractivity contribution in [3.63, 3.8) is 0 Å². The fourth-order valence-corrected chi connectivity index (χ4v) is 1.40. The van der Waals surface area contributed by atoms with Gasteiger partial charge in [-0.2, -0.15) is 0 Å². The summed E-state index contributed by atoms with van der Waals surface area (Å²) in [7, 11) is 0. The summed E-state index contributed by atoms with van der Waals surface area (Å²) in [4.78, 5) is 4.32. The van der Waals surface area contributed by atoms with E-state index in [9.17, 15) is 0 Å². The Labute approximate surface area is 105 Å². The third-order valence-corrected chi connectivity index (χ3v) is 2.77. The highest BCUT2D eigenvalue weighted by Gasteiger charge is 2.16. The van der Waals surface area contributed by atoms with Gasteiger partial charge in [-0.1, -0.05) is 13.8 Å². The summed E-state index contributed by atoms with van der Waals surface area (Å²) < 4.78 is 5.93. The van der Waals surface area contributed by atoms with Crippen LogP contribution in [-0.2, 0) is 6.54 Å². The van der Waals surface area contributed by atoms with Crippen LogP contribution < -0.4 is 10.1 Å². The van der Waals surface area contributed by atoms with Crippen molar-refractivity contribution in [3.8, 4) is 5.75 Å². The Morgan fingerprint density at radius 2 is 2.12 bits per heavy atom. The Balaban J connectivity index is 2.59. The van der Waals surface area contributed by atoms with Gasteiger partial charge in [0.2, 0.25) is 0 Å². The Bertz CT molecular complexity index is 337. The van der Waals surface area contributed by atoms with Gasteiger partial charge >= 0.3 is 0 Å². The minimum absolute atomic E-state index is 0.116. The molecule has 0 aromatic carbocycles. The van der Waals surface area contributed by atoms with Gasteiger partial charge in [0.25, 0.3) is 0 Å². The second kappa shape index (κ2) is 6.60.